The van der Waals surface area contributed by atoms with E-state index in [2.05, 4.69) is 46.3 Å². The van der Waals surface area contributed by atoms with Gasteiger partial charge in [0, 0.05) is 32.4 Å². The maximum Gasteiger partial charge on any atom is 0.191 e. The van der Waals surface area contributed by atoms with Crippen molar-refractivity contribution in [2.75, 3.05) is 32.7 Å². The van der Waals surface area contributed by atoms with Crippen molar-refractivity contribution in [1.82, 2.24) is 20.5 Å². The molecule has 5 heteroatoms. The van der Waals surface area contributed by atoms with Gasteiger partial charge in [0.25, 0.3) is 0 Å². The molecule has 1 aromatic heterocycles. The van der Waals surface area contributed by atoms with Crippen molar-refractivity contribution < 1.29 is 0 Å². The number of piperidine rings is 1. The number of nitrogens with one attached hydrogen (secondary N) is 2. The summed E-state index contributed by atoms with van der Waals surface area (Å²) in [4.78, 5) is 11.6. The normalized spacial score (nSPS) is 19.5. The monoisotopic (exact) mass is 331 g/mol. The Labute approximate surface area is 147 Å². The number of likely N-dealkylation sites (tertiary alicyclic amines) is 1. The van der Waals surface area contributed by atoms with Gasteiger partial charge in [-0.3, -0.25) is 4.98 Å². The first-order valence-corrected chi connectivity index (χ1v) is 9.31. The number of pyridine rings is 1. The first-order valence-electron chi connectivity index (χ1n) is 9.31. The van der Waals surface area contributed by atoms with E-state index in [1.807, 2.05) is 24.4 Å². The van der Waals surface area contributed by atoms with E-state index in [1.165, 1.54) is 32.5 Å². The van der Waals surface area contributed by atoms with Gasteiger partial charge in [-0.25, -0.2) is 4.99 Å². The van der Waals surface area contributed by atoms with Gasteiger partial charge >= 0.3 is 0 Å². The fourth-order valence-electron chi connectivity index (χ4n) is 3.23. The molecule has 1 fully saturated rings. The van der Waals surface area contributed by atoms with Gasteiger partial charge < -0.3 is 15.5 Å². The number of hydrogen-bond donors (Lipinski definition) is 2. The summed E-state index contributed by atoms with van der Waals surface area (Å²) in [6.45, 7) is 12.8. The molecule has 1 aliphatic rings. The highest BCUT2D eigenvalue weighted by Crippen LogP contribution is 2.16. The Hall–Kier alpha value is -1.62. The third-order valence-electron chi connectivity index (χ3n) is 4.25. The van der Waals surface area contributed by atoms with Crippen LogP contribution in [0.25, 0.3) is 0 Å². The third-order valence-corrected chi connectivity index (χ3v) is 4.25. The summed E-state index contributed by atoms with van der Waals surface area (Å²) in [6, 6.07) is 5.95. The molecule has 1 atom stereocenters. The van der Waals surface area contributed by atoms with Gasteiger partial charge in [0.15, 0.2) is 5.96 Å². The van der Waals surface area contributed by atoms with Crippen LogP contribution in [0.5, 0.6) is 0 Å². The molecule has 1 aliphatic heterocycles. The Bertz CT molecular complexity index is 486. The minimum absolute atomic E-state index is 0.611. The fraction of sp³-hybridized carbons (Fsp3) is 0.684. The van der Waals surface area contributed by atoms with Crippen molar-refractivity contribution in [3.63, 3.8) is 0 Å². The number of rotatable bonds is 7. The Morgan fingerprint density at radius 2 is 2.25 bits per heavy atom. The van der Waals surface area contributed by atoms with E-state index in [4.69, 9.17) is 0 Å². The average Bonchev–Trinajstić information content (AvgIpc) is 2.58. The summed E-state index contributed by atoms with van der Waals surface area (Å²) < 4.78 is 0. The van der Waals surface area contributed by atoms with Crippen molar-refractivity contribution in [3.05, 3.63) is 30.1 Å². The van der Waals surface area contributed by atoms with E-state index in [-0.39, 0.29) is 0 Å². The Morgan fingerprint density at radius 1 is 1.38 bits per heavy atom. The van der Waals surface area contributed by atoms with Crippen LogP contribution in [0.3, 0.4) is 0 Å². The van der Waals surface area contributed by atoms with Gasteiger partial charge in [-0.15, -0.1) is 0 Å². The number of nitrogens with zero attached hydrogens (tertiary/aromatic N) is 3. The Balaban J connectivity index is 1.82. The lowest BCUT2D eigenvalue weighted by atomic mass is 9.97. The number of aliphatic imine (C=N–C) groups is 1. The largest absolute Gasteiger partial charge is 0.357 e. The molecule has 1 saturated heterocycles. The molecule has 2 N–H and O–H groups in total. The molecule has 24 heavy (non-hydrogen) atoms. The number of guanidine groups is 1. The van der Waals surface area contributed by atoms with E-state index in [0.29, 0.717) is 12.5 Å². The lowest BCUT2D eigenvalue weighted by Crippen LogP contribution is -2.45. The van der Waals surface area contributed by atoms with Gasteiger partial charge in [0.1, 0.15) is 0 Å². The molecule has 0 radical (unpaired) electrons. The molecular weight excluding hydrogens is 298 g/mol. The van der Waals surface area contributed by atoms with Crippen LogP contribution >= 0.6 is 0 Å². The molecule has 0 bridgehead atoms. The molecule has 134 valence electrons. The molecule has 0 spiro atoms. The minimum Gasteiger partial charge on any atom is -0.357 e. The Kier molecular flexibility index (Phi) is 8.02. The zero-order valence-corrected chi connectivity index (χ0v) is 15.5. The smallest absolute Gasteiger partial charge is 0.191 e. The molecule has 2 rings (SSSR count). The molecule has 1 unspecified atom stereocenters. The Morgan fingerprint density at radius 3 is 2.96 bits per heavy atom. The predicted octanol–water partition coefficient (Wildman–Crippen LogP) is 2.50. The minimum atomic E-state index is 0.611. The topological polar surface area (TPSA) is 52.6 Å². The maximum atomic E-state index is 4.65. The van der Waals surface area contributed by atoms with Gasteiger partial charge in [-0.2, -0.15) is 0 Å². The zero-order chi connectivity index (χ0) is 17.2. The number of hydrogen-bond acceptors (Lipinski definition) is 3. The van der Waals surface area contributed by atoms with E-state index < -0.39 is 0 Å². The van der Waals surface area contributed by atoms with Crippen molar-refractivity contribution in [3.8, 4) is 0 Å². The van der Waals surface area contributed by atoms with Crippen LogP contribution in [0.2, 0.25) is 0 Å². The summed E-state index contributed by atoms with van der Waals surface area (Å²) in [7, 11) is 0. The summed E-state index contributed by atoms with van der Waals surface area (Å²) in [6.07, 6.45) is 4.43. The van der Waals surface area contributed by atoms with Crippen molar-refractivity contribution in [2.45, 2.75) is 40.2 Å². The van der Waals surface area contributed by atoms with Crippen LogP contribution in [0.4, 0.5) is 0 Å². The van der Waals surface area contributed by atoms with Gasteiger partial charge in [-0.05, 0) is 50.3 Å². The van der Waals surface area contributed by atoms with Gasteiger partial charge in [0.05, 0.1) is 12.2 Å². The van der Waals surface area contributed by atoms with Gasteiger partial charge in [0.2, 0.25) is 0 Å². The predicted molar refractivity (Wildman–Crippen MR) is 101 cm³/mol. The molecule has 0 aromatic carbocycles. The van der Waals surface area contributed by atoms with Crippen molar-refractivity contribution in [2.24, 2.45) is 16.8 Å². The fourth-order valence-corrected chi connectivity index (χ4v) is 3.23. The summed E-state index contributed by atoms with van der Waals surface area (Å²) >= 11 is 0. The molecule has 5 nitrogen and oxygen atoms in total. The van der Waals surface area contributed by atoms with E-state index in [1.54, 1.807) is 0 Å². The first kappa shape index (κ1) is 18.7. The standard InChI is InChI=1S/C19H33N5/c1-4-20-19(23-13-18-9-5-6-10-21-18)22-12-17-8-7-11-24(15-17)14-16(2)3/h5-6,9-10,16-17H,4,7-8,11-15H2,1-3H3,(H2,20,22,23). The van der Waals surface area contributed by atoms with Crippen LogP contribution in [0, 0.1) is 11.8 Å². The van der Waals surface area contributed by atoms with Crippen LogP contribution < -0.4 is 10.6 Å². The summed E-state index contributed by atoms with van der Waals surface area (Å²) in [5, 5.41) is 6.85. The molecule has 0 saturated carbocycles. The van der Waals surface area contributed by atoms with Gasteiger partial charge in [-0.1, -0.05) is 19.9 Å². The molecular formula is C19H33N5. The van der Waals surface area contributed by atoms with Crippen LogP contribution in [0.1, 0.15) is 39.3 Å². The van der Waals surface area contributed by atoms with E-state index in [9.17, 15) is 0 Å². The SMILES string of the molecule is CCNC(=NCc1ccccn1)NCC1CCCN(CC(C)C)C1. The quantitative estimate of drug-likeness (QED) is 0.595. The lowest BCUT2D eigenvalue weighted by molar-refractivity contribution is 0.159. The summed E-state index contributed by atoms with van der Waals surface area (Å²) in [5.74, 6) is 2.34. The highest BCUT2D eigenvalue weighted by molar-refractivity contribution is 5.79. The van der Waals surface area contributed by atoms with Crippen LogP contribution in [-0.4, -0.2) is 48.6 Å². The molecule has 0 amide bonds. The van der Waals surface area contributed by atoms with Crippen LogP contribution in [-0.2, 0) is 6.54 Å². The molecule has 0 aliphatic carbocycles. The molecule has 2 heterocycles. The average molecular weight is 332 g/mol. The van der Waals surface area contributed by atoms with E-state index >= 15 is 0 Å². The zero-order valence-electron chi connectivity index (χ0n) is 15.5. The number of aromatic nitrogens is 1. The highest BCUT2D eigenvalue weighted by atomic mass is 15.2. The van der Waals surface area contributed by atoms with E-state index in [0.717, 1.165) is 30.7 Å². The van der Waals surface area contributed by atoms with Crippen LogP contribution in [0.15, 0.2) is 29.4 Å². The lowest BCUT2D eigenvalue weighted by Gasteiger charge is -2.34. The maximum absolute atomic E-state index is 4.65. The second-order valence-corrected chi connectivity index (χ2v) is 7.06. The second-order valence-electron chi connectivity index (χ2n) is 7.06. The first-order chi connectivity index (χ1) is 11.7. The second kappa shape index (κ2) is 10.3. The van der Waals surface area contributed by atoms with Crippen molar-refractivity contribution >= 4 is 5.96 Å². The highest BCUT2D eigenvalue weighted by Gasteiger charge is 2.20. The van der Waals surface area contributed by atoms with Crippen molar-refractivity contribution in [1.29, 1.82) is 0 Å². The molecule has 1 aromatic rings. The third kappa shape index (κ3) is 6.87. The summed E-state index contributed by atoms with van der Waals surface area (Å²) in [5.41, 5.74) is 0.996.